The van der Waals surface area contributed by atoms with Crippen LogP contribution in [0.2, 0.25) is 0 Å². The van der Waals surface area contributed by atoms with Crippen LogP contribution in [0.3, 0.4) is 0 Å². The Bertz CT molecular complexity index is 713. The number of benzene rings is 1. The number of amides is 2. The van der Waals surface area contributed by atoms with Crippen LogP contribution >= 0.6 is 0 Å². The second-order valence-corrected chi connectivity index (χ2v) is 4.60. The Balaban J connectivity index is 2.08. The number of halogens is 2. The maximum atomic E-state index is 13.9. The molecule has 0 aliphatic heterocycles. The molecule has 3 N–H and O–H groups in total. The Morgan fingerprint density at radius 3 is 2.61 bits per heavy atom. The van der Waals surface area contributed by atoms with Crippen molar-refractivity contribution in [3.05, 3.63) is 53.8 Å². The van der Waals surface area contributed by atoms with Crippen LogP contribution in [0.4, 0.5) is 13.6 Å². The number of hydroxylamine groups is 2. The number of primary amides is 1. The topological polar surface area (TPSA) is 88.9 Å². The first kappa shape index (κ1) is 16.5. The average Bonchev–Trinajstić information content (AvgIpc) is 2.95. The predicted octanol–water partition coefficient (Wildman–Crippen LogP) is 3.68. The number of hydrogen-bond acceptors (Lipinski definition) is 4. The van der Waals surface area contributed by atoms with Crippen molar-refractivity contribution in [1.29, 1.82) is 0 Å². The monoisotopic (exact) mass is 324 g/mol. The molecule has 8 heteroatoms. The molecule has 0 bridgehead atoms. The van der Waals surface area contributed by atoms with E-state index in [1.807, 2.05) is 0 Å². The van der Waals surface area contributed by atoms with Gasteiger partial charge in [0.2, 0.25) is 0 Å². The van der Waals surface area contributed by atoms with Crippen LogP contribution in [-0.4, -0.2) is 22.3 Å². The zero-order valence-electron chi connectivity index (χ0n) is 12.1. The molecule has 122 valence electrons. The molecule has 0 saturated heterocycles. The fourth-order valence-electron chi connectivity index (χ4n) is 1.65. The molecule has 1 heterocycles. The van der Waals surface area contributed by atoms with Gasteiger partial charge >= 0.3 is 6.03 Å². The minimum atomic E-state index is -1.26. The minimum absolute atomic E-state index is 0.0602. The van der Waals surface area contributed by atoms with E-state index < -0.39 is 23.7 Å². The standard InChI is InChI=1S/C15H14F2N2O4/c1-9(19(21)15(18)20)13(17)8-12-6-7-14(23-12)22-11-4-2-10(16)3-5-11/h2-9,21H,1H3,(H2,18,20)/b13-8+. The van der Waals surface area contributed by atoms with Crippen molar-refractivity contribution in [2.45, 2.75) is 13.0 Å². The third kappa shape index (κ3) is 4.30. The van der Waals surface area contributed by atoms with Crippen molar-refractivity contribution in [2.24, 2.45) is 5.73 Å². The third-order valence-corrected chi connectivity index (χ3v) is 2.91. The first-order valence-electron chi connectivity index (χ1n) is 6.54. The number of furan rings is 1. The molecule has 6 nitrogen and oxygen atoms in total. The number of urea groups is 1. The van der Waals surface area contributed by atoms with E-state index in [4.69, 9.17) is 14.9 Å². The summed E-state index contributed by atoms with van der Waals surface area (Å²) in [5.41, 5.74) is 4.84. The van der Waals surface area contributed by atoms with E-state index in [1.165, 1.54) is 43.3 Å². The van der Waals surface area contributed by atoms with Gasteiger partial charge in [-0.1, -0.05) is 0 Å². The van der Waals surface area contributed by atoms with Crippen molar-refractivity contribution in [2.75, 3.05) is 0 Å². The Morgan fingerprint density at radius 2 is 2.00 bits per heavy atom. The molecule has 2 aromatic rings. The van der Waals surface area contributed by atoms with E-state index >= 15 is 0 Å². The molecule has 1 aromatic carbocycles. The molecular weight excluding hydrogens is 310 g/mol. The van der Waals surface area contributed by atoms with Gasteiger partial charge in [-0.3, -0.25) is 5.21 Å². The molecule has 1 unspecified atom stereocenters. The summed E-state index contributed by atoms with van der Waals surface area (Å²) in [7, 11) is 0. The van der Waals surface area contributed by atoms with Gasteiger partial charge in [-0.05, 0) is 37.3 Å². The van der Waals surface area contributed by atoms with Gasteiger partial charge < -0.3 is 14.9 Å². The summed E-state index contributed by atoms with van der Waals surface area (Å²) >= 11 is 0. The molecule has 0 spiro atoms. The van der Waals surface area contributed by atoms with Gasteiger partial charge in [0.05, 0.1) is 0 Å². The summed E-state index contributed by atoms with van der Waals surface area (Å²) in [5, 5.41) is 9.32. The molecule has 0 saturated carbocycles. The molecule has 23 heavy (non-hydrogen) atoms. The molecular formula is C15H14F2N2O4. The molecule has 0 aliphatic rings. The largest absolute Gasteiger partial charge is 0.426 e. The van der Waals surface area contributed by atoms with Crippen LogP contribution in [0.1, 0.15) is 12.7 Å². The lowest BCUT2D eigenvalue weighted by Crippen LogP contribution is -2.39. The van der Waals surface area contributed by atoms with Crippen molar-refractivity contribution >= 4 is 12.1 Å². The number of carbonyl (C=O) groups excluding carboxylic acids is 1. The van der Waals surface area contributed by atoms with Crippen LogP contribution in [0.5, 0.6) is 11.7 Å². The van der Waals surface area contributed by atoms with E-state index in [0.717, 1.165) is 6.08 Å². The van der Waals surface area contributed by atoms with Crippen molar-refractivity contribution in [3.8, 4) is 11.7 Å². The van der Waals surface area contributed by atoms with Gasteiger partial charge in [0.15, 0.2) is 0 Å². The summed E-state index contributed by atoms with van der Waals surface area (Å²) in [6, 6.07) is 5.69. The molecule has 0 fully saturated rings. The maximum absolute atomic E-state index is 13.9. The second-order valence-electron chi connectivity index (χ2n) is 4.60. The number of ether oxygens (including phenoxy) is 1. The van der Waals surface area contributed by atoms with Gasteiger partial charge in [0, 0.05) is 12.1 Å². The zero-order valence-corrected chi connectivity index (χ0v) is 12.1. The second kappa shape index (κ2) is 6.93. The highest BCUT2D eigenvalue weighted by molar-refractivity contribution is 5.71. The highest BCUT2D eigenvalue weighted by Gasteiger charge is 2.20. The fourth-order valence-corrected chi connectivity index (χ4v) is 1.65. The molecule has 0 radical (unpaired) electrons. The smallest absolute Gasteiger partial charge is 0.339 e. The maximum Gasteiger partial charge on any atom is 0.339 e. The Hall–Kier alpha value is -2.87. The summed E-state index contributed by atoms with van der Waals surface area (Å²) in [6.45, 7) is 1.25. The fraction of sp³-hybridized carbons (Fsp3) is 0.133. The van der Waals surface area contributed by atoms with Gasteiger partial charge in [-0.2, -0.15) is 5.06 Å². The quantitative estimate of drug-likeness (QED) is 0.648. The lowest BCUT2D eigenvalue weighted by molar-refractivity contribution is -0.0638. The van der Waals surface area contributed by atoms with E-state index in [2.05, 4.69) is 0 Å². The highest BCUT2D eigenvalue weighted by atomic mass is 19.1. The van der Waals surface area contributed by atoms with E-state index in [9.17, 15) is 18.8 Å². The lowest BCUT2D eigenvalue weighted by atomic mass is 10.2. The molecule has 2 rings (SSSR count). The number of nitrogens with two attached hydrogens (primary N) is 1. The Kier molecular flexibility index (Phi) is 4.97. The summed E-state index contributed by atoms with van der Waals surface area (Å²) in [6.07, 6.45) is 0.981. The molecule has 1 aromatic heterocycles. The number of nitrogens with zero attached hydrogens (tertiary/aromatic N) is 1. The van der Waals surface area contributed by atoms with Gasteiger partial charge in [-0.15, -0.1) is 0 Å². The van der Waals surface area contributed by atoms with E-state index in [0.29, 0.717) is 5.75 Å². The van der Waals surface area contributed by atoms with E-state index in [1.54, 1.807) is 0 Å². The summed E-state index contributed by atoms with van der Waals surface area (Å²) in [5.74, 6) is -0.725. The Morgan fingerprint density at radius 1 is 1.35 bits per heavy atom. The van der Waals surface area contributed by atoms with Gasteiger partial charge in [-0.25, -0.2) is 13.6 Å². The minimum Gasteiger partial charge on any atom is -0.426 e. The third-order valence-electron chi connectivity index (χ3n) is 2.91. The normalized spacial score (nSPS) is 12.8. The van der Waals surface area contributed by atoms with Crippen molar-refractivity contribution in [3.63, 3.8) is 0 Å². The summed E-state index contributed by atoms with van der Waals surface area (Å²) in [4.78, 5) is 10.8. The molecule has 0 aliphatic carbocycles. The predicted molar refractivity (Wildman–Crippen MR) is 76.9 cm³/mol. The Labute approximate surface area is 130 Å². The zero-order chi connectivity index (χ0) is 17.0. The van der Waals surface area contributed by atoms with Crippen LogP contribution in [0.15, 0.2) is 46.6 Å². The SMILES string of the molecule is CC(/C(F)=C\c1ccc(Oc2ccc(F)cc2)o1)N(O)C(N)=O. The number of rotatable bonds is 5. The van der Waals surface area contributed by atoms with Crippen LogP contribution in [0, 0.1) is 5.82 Å². The first-order chi connectivity index (χ1) is 10.9. The average molecular weight is 324 g/mol. The van der Waals surface area contributed by atoms with Gasteiger partial charge in [0.25, 0.3) is 5.95 Å². The lowest BCUT2D eigenvalue weighted by Gasteiger charge is -2.18. The van der Waals surface area contributed by atoms with E-state index in [-0.39, 0.29) is 16.8 Å². The number of carbonyl (C=O) groups is 1. The van der Waals surface area contributed by atoms with Crippen molar-refractivity contribution < 1.29 is 27.9 Å². The van der Waals surface area contributed by atoms with Crippen LogP contribution in [0.25, 0.3) is 6.08 Å². The van der Waals surface area contributed by atoms with Crippen LogP contribution in [-0.2, 0) is 0 Å². The van der Waals surface area contributed by atoms with Crippen molar-refractivity contribution in [1.82, 2.24) is 5.06 Å². The summed E-state index contributed by atoms with van der Waals surface area (Å²) < 4.78 is 37.2. The highest BCUT2D eigenvalue weighted by Crippen LogP contribution is 2.25. The van der Waals surface area contributed by atoms with Crippen LogP contribution < -0.4 is 10.5 Å². The molecule has 2 amide bonds. The molecule has 1 atom stereocenters. The number of hydrogen-bond donors (Lipinski definition) is 2. The van der Waals surface area contributed by atoms with Gasteiger partial charge in [0.1, 0.15) is 29.2 Å². The first-order valence-corrected chi connectivity index (χ1v) is 6.54.